The standard InChI is InChI=1S/C24H25N5O6/c25-24(31)29-7-5-14(6-8-29)35-23(30)15-9-26-21-19(15)27-11-28-20(21)18-16(32-10-13-1-2-13)3-4-17-22(18)34-12-33-17/h3-4,9,11,13-14,26H,1-2,5-8,10,12H2,(H2,25,31). The maximum absolute atomic E-state index is 13.0. The van der Waals surface area contributed by atoms with Crippen LogP contribution < -0.4 is 19.9 Å². The Morgan fingerprint density at radius 1 is 1.14 bits per heavy atom. The van der Waals surface area contributed by atoms with Crippen molar-refractivity contribution in [3.8, 4) is 28.5 Å². The van der Waals surface area contributed by atoms with Crippen LogP contribution >= 0.6 is 0 Å². The third-order valence-electron chi connectivity index (χ3n) is 6.62. The zero-order valence-electron chi connectivity index (χ0n) is 19.0. The summed E-state index contributed by atoms with van der Waals surface area (Å²) in [6, 6.07) is 3.22. The summed E-state index contributed by atoms with van der Waals surface area (Å²) in [6.07, 6.45) is 6.10. The lowest BCUT2D eigenvalue weighted by Gasteiger charge is -2.30. The summed E-state index contributed by atoms with van der Waals surface area (Å²) in [7, 11) is 0. The Morgan fingerprint density at radius 2 is 1.97 bits per heavy atom. The summed E-state index contributed by atoms with van der Waals surface area (Å²) in [5, 5.41) is 0. The van der Waals surface area contributed by atoms with E-state index in [9.17, 15) is 9.59 Å². The van der Waals surface area contributed by atoms with Gasteiger partial charge in [0.05, 0.1) is 17.7 Å². The van der Waals surface area contributed by atoms with Crippen molar-refractivity contribution in [3.63, 3.8) is 0 Å². The number of hydrogen-bond acceptors (Lipinski definition) is 8. The first-order chi connectivity index (χ1) is 17.1. The van der Waals surface area contributed by atoms with Gasteiger partial charge in [-0.3, -0.25) is 0 Å². The van der Waals surface area contributed by atoms with Crippen LogP contribution in [0.2, 0.25) is 0 Å². The number of rotatable bonds is 6. The number of ether oxygens (including phenoxy) is 4. The van der Waals surface area contributed by atoms with Crippen LogP contribution in [0.4, 0.5) is 4.79 Å². The topological polar surface area (TPSA) is 142 Å². The minimum Gasteiger partial charge on any atom is -0.492 e. The average Bonchev–Trinajstić information content (AvgIpc) is 3.38. The van der Waals surface area contributed by atoms with Gasteiger partial charge in [-0.25, -0.2) is 19.6 Å². The lowest BCUT2D eigenvalue weighted by Crippen LogP contribution is -2.43. The second-order valence-corrected chi connectivity index (χ2v) is 9.01. The quantitative estimate of drug-likeness (QED) is 0.514. The third kappa shape index (κ3) is 4.07. The maximum atomic E-state index is 13.0. The highest BCUT2D eigenvalue weighted by Crippen LogP contribution is 2.48. The molecule has 3 aliphatic rings. The van der Waals surface area contributed by atoms with Crippen LogP contribution in [-0.4, -0.2) is 64.4 Å². The Bertz CT molecular complexity index is 1300. The van der Waals surface area contributed by atoms with Gasteiger partial charge in [0.15, 0.2) is 11.5 Å². The lowest BCUT2D eigenvalue weighted by atomic mass is 10.1. The molecule has 1 aromatic carbocycles. The zero-order chi connectivity index (χ0) is 23.9. The summed E-state index contributed by atoms with van der Waals surface area (Å²) < 4.78 is 23.2. The average molecular weight is 479 g/mol. The molecule has 1 saturated carbocycles. The highest BCUT2D eigenvalue weighted by molar-refractivity contribution is 6.06. The minimum atomic E-state index is -0.485. The molecule has 0 unspecified atom stereocenters. The van der Waals surface area contributed by atoms with E-state index in [0.717, 1.165) is 0 Å². The molecule has 2 aliphatic heterocycles. The molecule has 182 valence electrons. The molecule has 3 N–H and O–H groups in total. The van der Waals surface area contributed by atoms with E-state index in [4.69, 9.17) is 24.7 Å². The smallest absolute Gasteiger partial charge is 0.342 e. The van der Waals surface area contributed by atoms with Gasteiger partial charge in [0.25, 0.3) is 0 Å². The number of amides is 2. The summed E-state index contributed by atoms with van der Waals surface area (Å²) in [5.74, 6) is 1.89. The molecule has 0 atom stereocenters. The van der Waals surface area contributed by atoms with Crippen molar-refractivity contribution in [2.45, 2.75) is 31.8 Å². The highest BCUT2D eigenvalue weighted by atomic mass is 16.7. The maximum Gasteiger partial charge on any atom is 0.342 e. The third-order valence-corrected chi connectivity index (χ3v) is 6.62. The predicted molar refractivity (Wildman–Crippen MR) is 123 cm³/mol. The number of carbonyl (C=O) groups excluding carboxylic acids is 2. The highest BCUT2D eigenvalue weighted by Gasteiger charge is 2.30. The number of hydrogen-bond donors (Lipinski definition) is 2. The van der Waals surface area contributed by atoms with Crippen LogP contribution in [0.3, 0.4) is 0 Å². The largest absolute Gasteiger partial charge is 0.492 e. The van der Waals surface area contributed by atoms with E-state index in [1.807, 2.05) is 12.1 Å². The van der Waals surface area contributed by atoms with E-state index in [1.165, 1.54) is 19.2 Å². The molecule has 6 rings (SSSR count). The molecule has 2 aromatic heterocycles. The molecule has 3 aromatic rings. The summed E-state index contributed by atoms with van der Waals surface area (Å²) >= 11 is 0. The van der Waals surface area contributed by atoms with Crippen molar-refractivity contribution in [3.05, 3.63) is 30.2 Å². The first kappa shape index (κ1) is 21.5. The van der Waals surface area contributed by atoms with E-state index in [-0.39, 0.29) is 12.9 Å². The van der Waals surface area contributed by atoms with Crippen LogP contribution in [0.25, 0.3) is 22.3 Å². The van der Waals surface area contributed by atoms with Crippen molar-refractivity contribution in [1.82, 2.24) is 19.9 Å². The van der Waals surface area contributed by atoms with Crippen molar-refractivity contribution in [2.24, 2.45) is 11.7 Å². The second kappa shape index (κ2) is 8.64. The van der Waals surface area contributed by atoms with E-state index in [2.05, 4.69) is 15.0 Å². The molecule has 2 amide bonds. The summed E-state index contributed by atoms with van der Waals surface area (Å²) in [5.41, 5.74) is 7.87. The molecule has 0 spiro atoms. The number of nitrogens with two attached hydrogens (primary N) is 1. The van der Waals surface area contributed by atoms with Gasteiger partial charge in [-0.15, -0.1) is 0 Å². The lowest BCUT2D eigenvalue weighted by molar-refractivity contribution is 0.0158. The Hall–Kier alpha value is -4.02. The monoisotopic (exact) mass is 479 g/mol. The number of fused-ring (bicyclic) bond motifs is 2. The molecule has 0 bridgehead atoms. The van der Waals surface area contributed by atoms with Gasteiger partial charge in [-0.1, -0.05) is 0 Å². The molecule has 2 fully saturated rings. The van der Waals surface area contributed by atoms with Gasteiger partial charge in [-0.2, -0.15) is 0 Å². The number of aromatic amines is 1. The number of likely N-dealkylation sites (tertiary alicyclic amines) is 1. The van der Waals surface area contributed by atoms with Crippen LogP contribution in [-0.2, 0) is 4.74 Å². The second-order valence-electron chi connectivity index (χ2n) is 9.01. The van der Waals surface area contributed by atoms with Gasteiger partial charge in [0, 0.05) is 32.1 Å². The number of nitrogens with one attached hydrogen (secondary N) is 1. The zero-order valence-corrected chi connectivity index (χ0v) is 19.0. The SMILES string of the molecule is NC(=O)N1CCC(OC(=O)c2c[nH]c3c(-c4c(OCC5CC5)ccc5c4OCO5)ncnc23)CC1. The molecule has 0 radical (unpaired) electrons. The van der Waals surface area contributed by atoms with E-state index >= 15 is 0 Å². The number of primary amides is 1. The molecule has 35 heavy (non-hydrogen) atoms. The first-order valence-corrected chi connectivity index (χ1v) is 11.7. The predicted octanol–water partition coefficient (Wildman–Crippen LogP) is 2.84. The number of H-pyrrole nitrogens is 1. The number of piperidine rings is 1. The fraction of sp³-hybridized carbons (Fsp3) is 0.417. The molecular formula is C24H25N5O6. The van der Waals surface area contributed by atoms with Gasteiger partial charge in [-0.05, 0) is 30.9 Å². The van der Waals surface area contributed by atoms with Crippen LogP contribution in [0.5, 0.6) is 17.2 Å². The van der Waals surface area contributed by atoms with Crippen molar-refractivity contribution in [1.29, 1.82) is 0 Å². The fourth-order valence-corrected chi connectivity index (χ4v) is 4.48. The molecule has 1 aliphatic carbocycles. The van der Waals surface area contributed by atoms with Crippen LogP contribution in [0.1, 0.15) is 36.0 Å². The van der Waals surface area contributed by atoms with E-state index in [1.54, 1.807) is 11.1 Å². The number of urea groups is 1. The Balaban J connectivity index is 1.30. The van der Waals surface area contributed by atoms with Crippen molar-refractivity contribution >= 4 is 23.0 Å². The number of benzene rings is 1. The molecular weight excluding hydrogens is 454 g/mol. The fourth-order valence-electron chi connectivity index (χ4n) is 4.48. The van der Waals surface area contributed by atoms with Gasteiger partial charge >= 0.3 is 12.0 Å². The Kier molecular flexibility index (Phi) is 5.31. The van der Waals surface area contributed by atoms with Crippen molar-refractivity contribution in [2.75, 3.05) is 26.5 Å². The molecule has 1 saturated heterocycles. The number of esters is 1. The van der Waals surface area contributed by atoms with Gasteiger partial charge in [0.1, 0.15) is 35.0 Å². The van der Waals surface area contributed by atoms with Gasteiger partial charge < -0.3 is 34.6 Å². The van der Waals surface area contributed by atoms with Gasteiger partial charge in [0.2, 0.25) is 6.79 Å². The minimum absolute atomic E-state index is 0.111. The van der Waals surface area contributed by atoms with Crippen LogP contribution in [0, 0.1) is 5.92 Å². The number of carbonyl (C=O) groups is 2. The molecule has 4 heterocycles. The Labute approximate surface area is 200 Å². The summed E-state index contributed by atoms with van der Waals surface area (Å²) in [6.45, 7) is 1.65. The number of nitrogens with zero attached hydrogens (tertiary/aromatic N) is 3. The number of aromatic nitrogens is 3. The molecule has 11 heteroatoms. The van der Waals surface area contributed by atoms with E-state index in [0.29, 0.717) is 83.6 Å². The van der Waals surface area contributed by atoms with Crippen LogP contribution in [0.15, 0.2) is 24.7 Å². The summed E-state index contributed by atoms with van der Waals surface area (Å²) in [4.78, 5) is 37.9. The molecule has 11 nitrogen and oxygen atoms in total. The first-order valence-electron chi connectivity index (χ1n) is 11.7. The Morgan fingerprint density at radius 3 is 2.74 bits per heavy atom. The van der Waals surface area contributed by atoms with E-state index < -0.39 is 12.0 Å². The van der Waals surface area contributed by atoms with Crippen molar-refractivity contribution < 1.29 is 28.5 Å². The normalized spacial score (nSPS) is 17.5.